The quantitative estimate of drug-likeness (QED) is 0.828. The van der Waals surface area contributed by atoms with Crippen LogP contribution in [0.4, 0.5) is 10.1 Å². The summed E-state index contributed by atoms with van der Waals surface area (Å²) >= 11 is 17.1. The van der Waals surface area contributed by atoms with Gasteiger partial charge in [0.25, 0.3) is 0 Å². The molecule has 3 nitrogen and oxygen atoms in total. The summed E-state index contributed by atoms with van der Waals surface area (Å²) in [5.74, 6) is -0.698. The first-order chi connectivity index (χ1) is 8.49. The number of pyridine rings is 1. The number of hydrogen-bond donors (Lipinski definition) is 1. The Morgan fingerprint density at radius 1 is 1.06 bits per heavy atom. The molecule has 0 amide bonds. The van der Waals surface area contributed by atoms with Gasteiger partial charge in [-0.1, -0.05) is 34.8 Å². The Balaban J connectivity index is 2.38. The molecule has 0 atom stereocenters. The molecule has 0 aliphatic rings. The molecule has 0 saturated heterocycles. The molecule has 2 rings (SSSR count). The summed E-state index contributed by atoms with van der Waals surface area (Å²) in [4.78, 5) is 3.49. The van der Waals surface area contributed by atoms with Gasteiger partial charge >= 0.3 is 0 Å². The molecule has 0 bridgehead atoms. The second kappa shape index (κ2) is 5.18. The monoisotopic (exact) mass is 306 g/mol. The van der Waals surface area contributed by atoms with E-state index < -0.39 is 5.95 Å². The fourth-order valence-corrected chi connectivity index (χ4v) is 1.68. The molecule has 2 N–H and O–H groups in total. The fraction of sp³-hybridized carbons (Fsp3) is 0. The maximum atomic E-state index is 13.3. The van der Waals surface area contributed by atoms with Crippen molar-refractivity contribution in [2.24, 2.45) is 0 Å². The summed E-state index contributed by atoms with van der Waals surface area (Å²) in [7, 11) is 0. The number of nitrogens with zero attached hydrogens (tertiary/aromatic N) is 1. The van der Waals surface area contributed by atoms with E-state index in [4.69, 9.17) is 45.3 Å². The van der Waals surface area contributed by atoms with Crippen molar-refractivity contribution >= 4 is 40.5 Å². The van der Waals surface area contributed by atoms with Gasteiger partial charge in [-0.05, 0) is 24.3 Å². The molecular weight excluding hydrogens is 301 g/mol. The Kier molecular flexibility index (Phi) is 3.80. The highest BCUT2D eigenvalue weighted by Gasteiger charge is 2.16. The molecule has 2 aromatic rings. The van der Waals surface area contributed by atoms with Gasteiger partial charge < -0.3 is 10.5 Å². The normalized spacial score (nSPS) is 10.4. The van der Waals surface area contributed by atoms with Crippen LogP contribution in [0.25, 0.3) is 0 Å². The van der Waals surface area contributed by atoms with E-state index in [2.05, 4.69) is 4.98 Å². The molecule has 1 aromatic carbocycles. The van der Waals surface area contributed by atoms with Crippen molar-refractivity contribution in [1.82, 2.24) is 4.98 Å². The van der Waals surface area contributed by atoms with Crippen molar-refractivity contribution in [2.45, 2.75) is 0 Å². The Morgan fingerprint density at radius 2 is 1.67 bits per heavy atom. The van der Waals surface area contributed by atoms with Gasteiger partial charge in [-0.25, -0.2) is 0 Å². The molecule has 0 saturated carbocycles. The third kappa shape index (κ3) is 2.61. The van der Waals surface area contributed by atoms with Gasteiger partial charge in [0.1, 0.15) is 15.8 Å². The van der Waals surface area contributed by atoms with E-state index in [9.17, 15) is 4.39 Å². The minimum absolute atomic E-state index is 0.0450. The van der Waals surface area contributed by atoms with Crippen LogP contribution >= 0.6 is 34.8 Å². The highest BCUT2D eigenvalue weighted by Crippen LogP contribution is 2.37. The van der Waals surface area contributed by atoms with Crippen molar-refractivity contribution < 1.29 is 9.13 Å². The third-order valence-electron chi connectivity index (χ3n) is 2.07. The van der Waals surface area contributed by atoms with Gasteiger partial charge in [0.05, 0.1) is 5.69 Å². The van der Waals surface area contributed by atoms with Gasteiger partial charge in [-0.15, -0.1) is 0 Å². The molecule has 0 radical (unpaired) electrons. The maximum absolute atomic E-state index is 13.3. The van der Waals surface area contributed by atoms with Crippen LogP contribution in [0, 0.1) is 5.95 Å². The average Bonchev–Trinajstić information content (AvgIpc) is 2.36. The number of nitrogen functional groups attached to an aromatic ring is 1. The zero-order chi connectivity index (χ0) is 13.3. The van der Waals surface area contributed by atoms with E-state index in [1.807, 2.05) is 0 Å². The fourth-order valence-electron chi connectivity index (χ4n) is 1.19. The predicted octanol–water partition coefficient (Wildman–Crippen LogP) is 4.56. The third-order valence-corrected chi connectivity index (χ3v) is 3.05. The summed E-state index contributed by atoms with van der Waals surface area (Å²) in [6, 6.07) is 6.40. The van der Waals surface area contributed by atoms with Crippen LogP contribution in [0.2, 0.25) is 15.1 Å². The number of anilines is 1. The Hall–Kier alpha value is -1.23. The average molecular weight is 308 g/mol. The Labute approximate surface area is 117 Å². The van der Waals surface area contributed by atoms with E-state index >= 15 is 0 Å². The minimum Gasteiger partial charge on any atom is -0.437 e. The number of aromatic nitrogens is 1. The second-order valence-corrected chi connectivity index (χ2v) is 4.50. The van der Waals surface area contributed by atoms with E-state index in [0.717, 1.165) is 0 Å². The first-order valence-electron chi connectivity index (χ1n) is 4.72. The van der Waals surface area contributed by atoms with Gasteiger partial charge in [-0.2, -0.15) is 9.37 Å². The lowest BCUT2D eigenvalue weighted by Gasteiger charge is -2.09. The van der Waals surface area contributed by atoms with Crippen LogP contribution in [0.3, 0.4) is 0 Å². The molecule has 0 aliphatic carbocycles. The molecular formula is C11H6Cl3FN2O. The van der Waals surface area contributed by atoms with E-state index in [1.165, 1.54) is 0 Å². The summed E-state index contributed by atoms with van der Waals surface area (Å²) in [6.07, 6.45) is 0. The van der Waals surface area contributed by atoms with Gasteiger partial charge in [0, 0.05) is 5.02 Å². The Morgan fingerprint density at radius 3 is 2.28 bits per heavy atom. The minimum atomic E-state index is -0.942. The summed E-state index contributed by atoms with van der Waals surface area (Å²) in [6.45, 7) is 0. The molecule has 1 aromatic heterocycles. The van der Waals surface area contributed by atoms with Crippen LogP contribution in [0.15, 0.2) is 24.3 Å². The lowest BCUT2D eigenvalue weighted by Crippen LogP contribution is -1.98. The number of rotatable bonds is 2. The summed E-state index contributed by atoms with van der Waals surface area (Å²) in [5.41, 5.74) is 5.40. The van der Waals surface area contributed by atoms with Crippen LogP contribution in [0.1, 0.15) is 0 Å². The highest BCUT2D eigenvalue weighted by molar-refractivity contribution is 6.39. The van der Waals surface area contributed by atoms with Crippen LogP contribution < -0.4 is 10.5 Å². The molecule has 94 valence electrons. The van der Waals surface area contributed by atoms with E-state index in [-0.39, 0.29) is 21.6 Å². The SMILES string of the molecule is Nc1c(Cl)c(F)nc(Oc2ccc(Cl)cc2)c1Cl. The lowest BCUT2D eigenvalue weighted by atomic mass is 10.3. The first kappa shape index (κ1) is 13.2. The largest absolute Gasteiger partial charge is 0.437 e. The highest BCUT2D eigenvalue weighted by atomic mass is 35.5. The number of halogens is 4. The molecule has 0 spiro atoms. The van der Waals surface area contributed by atoms with E-state index in [0.29, 0.717) is 10.8 Å². The van der Waals surface area contributed by atoms with Crippen molar-refractivity contribution in [3.63, 3.8) is 0 Å². The van der Waals surface area contributed by atoms with Crippen molar-refractivity contribution in [3.05, 3.63) is 45.3 Å². The standard InChI is InChI=1S/C11H6Cl3FN2O/c12-5-1-3-6(4-2-5)18-11-8(14)9(16)7(13)10(15)17-11/h1-4H,(H2,16,17). The Bertz CT molecular complexity index is 590. The number of hydrogen-bond acceptors (Lipinski definition) is 3. The van der Waals surface area contributed by atoms with Crippen LogP contribution in [0.5, 0.6) is 11.6 Å². The number of benzene rings is 1. The van der Waals surface area contributed by atoms with Gasteiger partial charge in [-0.3, -0.25) is 0 Å². The van der Waals surface area contributed by atoms with Crippen molar-refractivity contribution in [2.75, 3.05) is 5.73 Å². The van der Waals surface area contributed by atoms with Crippen LogP contribution in [-0.4, -0.2) is 4.98 Å². The van der Waals surface area contributed by atoms with Gasteiger partial charge in [0.2, 0.25) is 11.8 Å². The van der Waals surface area contributed by atoms with Crippen molar-refractivity contribution in [3.8, 4) is 11.6 Å². The molecule has 0 unspecified atom stereocenters. The summed E-state index contributed by atoms with van der Waals surface area (Å²) in [5, 5.41) is 0.169. The molecule has 1 heterocycles. The van der Waals surface area contributed by atoms with E-state index in [1.54, 1.807) is 24.3 Å². The lowest BCUT2D eigenvalue weighted by molar-refractivity contribution is 0.446. The van der Waals surface area contributed by atoms with Crippen LogP contribution in [-0.2, 0) is 0 Å². The predicted molar refractivity (Wildman–Crippen MR) is 70.2 cm³/mol. The number of nitrogens with two attached hydrogens (primary N) is 1. The molecule has 0 aliphatic heterocycles. The molecule has 18 heavy (non-hydrogen) atoms. The maximum Gasteiger partial charge on any atom is 0.243 e. The molecule has 7 heteroatoms. The number of ether oxygens (including phenoxy) is 1. The second-order valence-electron chi connectivity index (χ2n) is 3.31. The van der Waals surface area contributed by atoms with Gasteiger partial charge in [0.15, 0.2) is 0 Å². The zero-order valence-electron chi connectivity index (χ0n) is 8.75. The summed E-state index contributed by atoms with van der Waals surface area (Å²) < 4.78 is 18.6. The topological polar surface area (TPSA) is 48.1 Å². The smallest absolute Gasteiger partial charge is 0.243 e. The van der Waals surface area contributed by atoms with Crippen molar-refractivity contribution in [1.29, 1.82) is 0 Å². The first-order valence-corrected chi connectivity index (χ1v) is 5.86. The molecule has 0 fully saturated rings. The zero-order valence-corrected chi connectivity index (χ0v) is 11.0.